The molecule has 0 saturated carbocycles. The summed E-state index contributed by atoms with van der Waals surface area (Å²) in [5.41, 5.74) is 14.4. The highest BCUT2D eigenvalue weighted by atomic mass is 16.5. The lowest BCUT2D eigenvalue weighted by Crippen LogP contribution is -2.32. The fourth-order valence-electron chi connectivity index (χ4n) is 8.65. The Hall–Kier alpha value is -6.71. The van der Waals surface area contributed by atoms with E-state index in [0.717, 1.165) is 78.2 Å². The molecule has 3 heterocycles. The lowest BCUT2D eigenvalue weighted by Gasteiger charge is -2.39. The fraction of sp³-hybridized carbons (Fsp3) is 0.0208. The van der Waals surface area contributed by atoms with Gasteiger partial charge in [0.25, 0.3) is 0 Å². The van der Waals surface area contributed by atoms with E-state index in [1.165, 1.54) is 22.3 Å². The quantitative estimate of drug-likeness (QED) is 0.191. The van der Waals surface area contributed by atoms with Crippen LogP contribution in [0.5, 0.6) is 11.5 Å². The highest BCUT2D eigenvalue weighted by molar-refractivity contribution is 6.16. The molecular weight excluding hydrogens is 623 g/mol. The lowest BCUT2D eigenvalue weighted by atomic mass is 9.66. The van der Waals surface area contributed by atoms with Gasteiger partial charge in [-0.1, -0.05) is 140 Å². The Kier molecular flexibility index (Phi) is 5.88. The molecule has 3 nitrogen and oxygen atoms in total. The number of ether oxygens (including phenoxy) is 1. The van der Waals surface area contributed by atoms with Gasteiger partial charge in [0.2, 0.25) is 0 Å². The van der Waals surface area contributed by atoms with Crippen molar-refractivity contribution < 1.29 is 9.15 Å². The summed E-state index contributed by atoms with van der Waals surface area (Å²) >= 11 is 0. The van der Waals surface area contributed by atoms with Crippen LogP contribution in [0, 0.1) is 0 Å². The summed E-state index contributed by atoms with van der Waals surface area (Å²) < 4.78 is 13.8. The van der Waals surface area contributed by atoms with Crippen molar-refractivity contribution >= 4 is 21.9 Å². The van der Waals surface area contributed by atoms with Crippen LogP contribution in [0.1, 0.15) is 22.3 Å². The second-order valence-corrected chi connectivity index (χ2v) is 13.4. The summed E-state index contributed by atoms with van der Waals surface area (Å²) in [5.74, 6) is 1.68. The lowest BCUT2D eigenvalue weighted by molar-refractivity contribution is 0.441. The zero-order valence-electron chi connectivity index (χ0n) is 27.5. The van der Waals surface area contributed by atoms with Crippen LogP contribution in [-0.2, 0) is 5.41 Å². The molecule has 0 atom stereocenters. The highest BCUT2D eigenvalue weighted by Gasteiger charge is 2.51. The summed E-state index contributed by atoms with van der Waals surface area (Å²) in [6, 6.07) is 62.1. The van der Waals surface area contributed by atoms with Crippen LogP contribution in [-0.4, -0.2) is 4.98 Å². The first-order chi connectivity index (χ1) is 25.3. The Morgan fingerprint density at radius 3 is 1.73 bits per heavy atom. The van der Waals surface area contributed by atoms with E-state index in [1.807, 2.05) is 6.07 Å². The zero-order chi connectivity index (χ0) is 33.5. The molecule has 1 spiro atoms. The average molecular weight is 652 g/mol. The van der Waals surface area contributed by atoms with E-state index in [4.69, 9.17) is 14.1 Å². The van der Waals surface area contributed by atoms with Gasteiger partial charge < -0.3 is 9.15 Å². The number of hydrogen-bond acceptors (Lipinski definition) is 3. The highest BCUT2D eigenvalue weighted by Crippen LogP contribution is 2.63. The molecule has 11 rings (SSSR count). The molecule has 2 aliphatic rings. The number of furan rings is 1. The van der Waals surface area contributed by atoms with E-state index in [0.29, 0.717) is 0 Å². The minimum absolute atomic E-state index is 0.559. The molecular formula is C48H29NO2. The molecule has 3 heteroatoms. The molecule has 0 fully saturated rings. The first-order valence-corrected chi connectivity index (χ1v) is 17.4. The van der Waals surface area contributed by atoms with Gasteiger partial charge in [0, 0.05) is 27.6 Å². The smallest absolute Gasteiger partial charge is 0.143 e. The van der Waals surface area contributed by atoms with Crippen molar-refractivity contribution in [2.24, 2.45) is 0 Å². The number of aromatic nitrogens is 1. The molecule has 9 aromatic rings. The standard InChI is InChI=1S/C48H29NO2/c1-3-14-30(15-4-1)32-28-40(31-16-5-2-6-17-31)49-41(29-32)35-20-13-25-43-45(35)46-44(50-43)27-26-39-47(46)51-42-24-12-11-23-38(42)48(39)36-21-9-7-18-33(36)34-19-8-10-22-37(34)48/h1-29H. The third-order valence-corrected chi connectivity index (χ3v) is 10.8. The second-order valence-electron chi connectivity index (χ2n) is 13.4. The number of pyridine rings is 1. The Morgan fingerprint density at radius 1 is 0.392 bits per heavy atom. The van der Waals surface area contributed by atoms with E-state index in [2.05, 4.69) is 170 Å². The molecule has 0 unspecified atom stereocenters. The molecule has 51 heavy (non-hydrogen) atoms. The normalized spacial score (nSPS) is 13.4. The fourth-order valence-corrected chi connectivity index (χ4v) is 8.65. The van der Waals surface area contributed by atoms with Crippen LogP contribution in [0.2, 0.25) is 0 Å². The summed E-state index contributed by atoms with van der Waals surface area (Å²) in [6.07, 6.45) is 0. The van der Waals surface area contributed by atoms with Crippen LogP contribution in [0.25, 0.3) is 66.7 Å². The van der Waals surface area contributed by atoms with Crippen molar-refractivity contribution in [1.29, 1.82) is 0 Å². The summed E-state index contributed by atoms with van der Waals surface area (Å²) in [5, 5.41) is 1.96. The number of benzene rings is 7. The van der Waals surface area contributed by atoms with Gasteiger partial charge in [0.1, 0.15) is 22.7 Å². The van der Waals surface area contributed by atoms with Crippen LogP contribution in [0.15, 0.2) is 180 Å². The largest absolute Gasteiger partial charge is 0.456 e. The topological polar surface area (TPSA) is 35.3 Å². The molecule has 1 aliphatic heterocycles. The molecule has 0 saturated heterocycles. The predicted octanol–water partition coefficient (Wildman–Crippen LogP) is 12.5. The van der Waals surface area contributed by atoms with Crippen molar-refractivity contribution in [3.8, 4) is 56.3 Å². The van der Waals surface area contributed by atoms with Gasteiger partial charge in [-0.15, -0.1) is 0 Å². The van der Waals surface area contributed by atoms with Crippen LogP contribution in [0.4, 0.5) is 0 Å². The number of hydrogen-bond donors (Lipinski definition) is 0. The van der Waals surface area contributed by atoms with Crippen molar-refractivity contribution in [3.63, 3.8) is 0 Å². The summed E-state index contributed by atoms with van der Waals surface area (Å²) in [7, 11) is 0. The Balaban J connectivity index is 1.24. The van der Waals surface area contributed by atoms with Gasteiger partial charge in [-0.25, -0.2) is 4.98 Å². The van der Waals surface area contributed by atoms with Gasteiger partial charge in [-0.2, -0.15) is 0 Å². The Labute approximate surface area is 295 Å². The van der Waals surface area contributed by atoms with Crippen LogP contribution in [0.3, 0.4) is 0 Å². The third-order valence-electron chi connectivity index (χ3n) is 10.8. The van der Waals surface area contributed by atoms with Crippen LogP contribution >= 0.6 is 0 Å². The zero-order valence-corrected chi connectivity index (χ0v) is 27.5. The minimum atomic E-state index is -0.559. The molecule has 238 valence electrons. The first kappa shape index (κ1) is 28.2. The van der Waals surface area contributed by atoms with Gasteiger partial charge in [0.15, 0.2) is 0 Å². The molecule has 7 aromatic carbocycles. The number of fused-ring (bicyclic) bond motifs is 13. The molecule has 0 N–H and O–H groups in total. The van der Waals surface area contributed by atoms with E-state index in [9.17, 15) is 0 Å². The Morgan fingerprint density at radius 2 is 0.980 bits per heavy atom. The summed E-state index contributed by atoms with van der Waals surface area (Å²) in [6.45, 7) is 0. The van der Waals surface area contributed by atoms with E-state index in [-0.39, 0.29) is 0 Å². The molecule has 2 aromatic heterocycles. The predicted molar refractivity (Wildman–Crippen MR) is 205 cm³/mol. The average Bonchev–Trinajstić information content (AvgIpc) is 3.73. The van der Waals surface area contributed by atoms with Crippen molar-refractivity contribution in [1.82, 2.24) is 4.98 Å². The van der Waals surface area contributed by atoms with Gasteiger partial charge in [-0.3, -0.25) is 0 Å². The van der Waals surface area contributed by atoms with Crippen molar-refractivity contribution in [2.75, 3.05) is 0 Å². The molecule has 0 amide bonds. The van der Waals surface area contributed by atoms with Gasteiger partial charge >= 0.3 is 0 Å². The minimum Gasteiger partial charge on any atom is -0.456 e. The van der Waals surface area contributed by atoms with E-state index >= 15 is 0 Å². The summed E-state index contributed by atoms with van der Waals surface area (Å²) in [4.78, 5) is 5.33. The number of para-hydroxylation sites is 1. The van der Waals surface area contributed by atoms with Crippen molar-refractivity contribution in [3.05, 3.63) is 198 Å². The van der Waals surface area contributed by atoms with Crippen molar-refractivity contribution in [2.45, 2.75) is 5.41 Å². The molecule has 1 aliphatic carbocycles. The maximum absolute atomic E-state index is 7.07. The monoisotopic (exact) mass is 651 g/mol. The van der Waals surface area contributed by atoms with E-state index < -0.39 is 5.41 Å². The number of nitrogens with zero attached hydrogens (tertiary/aromatic N) is 1. The molecule has 0 bridgehead atoms. The maximum atomic E-state index is 7.07. The van der Waals surface area contributed by atoms with Gasteiger partial charge in [0.05, 0.1) is 22.2 Å². The van der Waals surface area contributed by atoms with Gasteiger partial charge in [-0.05, 0) is 69.8 Å². The second kappa shape index (κ2) is 10.6. The molecule has 0 radical (unpaired) electrons. The van der Waals surface area contributed by atoms with Crippen LogP contribution < -0.4 is 4.74 Å². The van der Waals surface area contributed by atoms with E-state index in [1.54, 1.807) is 0 Å². The first-order valence-electron chi connectivity index (χ1n) is 17.4. The Bertz CT molecular complexity index is 2730. The maximum Gasteiger partial charge on any atom is 0.143 e. The SMILES string of the molecule is c1ccc(-c2cc(-c3ccccc3)nc(-c3cccc4oc5ccc6c(c5c34)Oc3ccccc3C63c4ccccc4-c4ccccc43)c2)cc1. The number of rotatable bonds is 3. The third kappa shape index (κ3) is 3.92.